The van der Waals surface area contributed by atoms with Gasteiger partial charge in [0.1, 0.15) is 18.3 Å². The lowest BCUT2D eigenvalue weighted by molar-refractivity contribution is -0.142. The van der Waals surface area contributed by atoms with Crippen LogP contribution < -0.4 is 10.1 Å². The number of carbonyl (C=O) groups is 1. The highest BCUT2D eigenvalue weighted by Gasteiger charge is 2.35. The van der Waals surface area contributed by atoms with Crippen LogP contribution in [0.25, 0.3) is 0 Å². The molecule has 2 saturated heterocycles. The van der Waals surface area contributed by atoms with Crippen molar-refractivity contribution >= 4 is 35.8 Å². The maximum atomic E-state index is 13.0. The number of piperazine rings is 1. The second-order valence-electron chi connectivity index (χ2n) is 6.99. The Kier molecular flexibility index (Phi) is 9.59. The molecule has 8 nitrogen and oxygen atoms in total. The highest BCUT2D eigenvalue weighted by molar-refractivity contribution is 14.0. The molecule has 31 heavy (non-hydrogen) atoms. The standard InChI is InChI=1S/C19H26F3N5O3.HI/c1-23-18(25-7-13-30-16-14(19(20,21)22)4-2-6-24-16)27-10-8-26(9-11-27)17(28)15-5-3-12-29-15;/h2,4,6,15H,3,5,7-13H2,1H3,(H,23,25);1H. The number of halogens is 4. The van der Waals surface area contributed by atoms with Crippen molar-refractivity contribution in [2.24, 2.45) is 4.99 Å². The van der Waals surface area contributed by atoms with Crippen LogP contribution in [-0.2, 0) is 15.7 Å². The van der Waals surface area contributed by atoms with Crippen LogP contribution in [0.2, 0.25) is 0 Å². The minimum atomic E-state index is -4.52. The van der Waals surface area contributed by atoms with Gasteiger partial charge in [0.05, 0.1) is 6.54 Å². The maximum absolute atomic E-state index is 13.0. The van der Waals surface area contributed by atoms with Crippen LogP contribution in [0.15, 0.2) is 23.3 Å². The van der Waals surface area contributed by atoms with Gasteiger partial charge in [0.2, 0.25) is 5.88 Å². The lowest BCUT2D eigenvalue weighted by Gasteiger charge is -2.37. The normalized spacial score (nSPS) is 19.7. The molecule has 3 heterocycles. The Bertz CT molecular complexity index is 752. The van der Waals surface area contributed by atoms with E-state index in [1.165, 1.54) is 12.3 Å². The van der Waals surface area contributed by atoms with Gasteiger partial charge in [-0.1, -0.05) is 0 Å². The molecule has 2 aliphatic rings. The van der Waals surface area contributed by atoms with E-state index in [1.54, 1.807) is 7.05 Å². The zero-order valence-electron chi connectivity index (χ0n) is 17.2. The molecule has 3 rings (SSSR count). The summed E-state index contributed by atoms with van der Waals surface area (Å²) in [5.41, 5.74) is -0.901. The monoisotopic (exact) mass is 557 g/mol. The SMILES string of the molecule is CN=C(NCCOc1ncccc1C(F)(F)F)N1CCN(C(=O)C2CCCO2)CC1.I. The molecule has 0 aromatic carbocycles. The first-order valence-corrected chi connectivity index (χ1v) is 9.91. The van der Waals surface area contributed by atoms with Gasteiger partial charge < -0.3 is 24.6 Å². The smallest absolute Gasteiger partial charge is 0.421 e. The molecule has 1 aromatic heterocycles. The van der Waals surface area contributed by atoms with Crippen LogP contribution in [0.3, 0.4) is 0 Å². The minimum Gasteiger partial charge on any atom is -0.475 e. The van der Waals surface area contributed by atoms with Crippen LogP contribution in [0.4, 0.5) is 13.2 Å². The van der Waals surface area contributed by atoms with Crippen molar-refractivity contribution in [1.29, 1.82) is 0 Å². The zero-order valence-corrected chi connectivity index (χ0v) is 19.6. The number of rotatable bonds is 5. The molecule has 1 aromatic rings. The first-order chi connectivity index (χ1) is 14.4. The first kappa shape index (κ1) is 25.4. The number of hydrogen-bond donors (Lipinski definition) is 1. The third-order valence-electron chi connectivity index (χ3n) is 5.01. The number of ether oxygens (including phenoxy) is 2. The summed E-state index contributed by atoms with van der Waals surface area (Å²) in [4.78, 5) is 24.1. The Morgan fingerprint density at radius 2 is 2.03 bits per heavy atom. The summed E-state index contributed by atoms with van der Waals surface area (Å²) in [5.74, 6) is 0.210. The maximum Gasteiger partial charge on any atom is 0.421 e. The molecule has 174 valence electrons. The van der Waals surface area contributed by atoms with Gasteiger partial charge in [-0.05, 0) is 25.0 Å². The molecule has 0 saturated carbocycles. The van der Waals surface area contributed by atoms with Crippen molar-refractivity contribution in [3.8, 4) is 5.88 Å². The lowest BCUT2D eigenvalue weighted by Crippen LogP contribution is -2.55. The van der Waals surface area contributed by atoms with Crippen LogP contribution >= 0.6 is 24.0 Å². The second kappa shape index (κ2) is 11.7. The average molecular weight is 557 g/mol. The molecule has 1 N–H and O–H groups in total. The molecule has 0 aliphatic carbocycles. The van der Waals surface area contributed by atoms with E-state index in [-0.39, 0.29) is 49.1 Å². The van der Waals surface area contributed by atoms with Crippen molar-refractivity contribution < 1.29 is 27.4 Å². The fourth-order valence-corrected chi connectivity index (χ4v) is 3.48. The summed E-state index contributed by atoms with van der Waals surface area (Å²) in [6.07, 6.45) is -1.89. The van der Waals surface area contributed by atoms with E-state index in [4.69, 9.17) is 9.47 Å². The summed E-state index contributed by atoms with van der Waals surface area (Å²) in [6.45, 7) is 3.25. The number of guanidine groups is 1. The van der Waals surface area contributed by atoms with E-state index in [2.05, 4.69) is 15.3 Å². The fraction of sp³-hybridized carbons (Fsp3) is 0.632. The van der Waals surface area contributed by atoms with E-state index in [9.17, 15) is 18.0 Å². The number of carbonyl (C=O) groups excluding carboxylic acids is 1. The van der Waals surface area contributed by atoms with Crippen molar-refractivity contribution in [3.05, 3.63) is 23.9 Å². The first-order valence-electron chi connectivity index (χ1n) is 9.91. The molecular weight excluding hydrogens is 530 g/mol. The fourth-order valence-electron chi connectivity index (χ4n) is 3.48. The Hall–Kier alpha value is -1.83. The van der Waals surface area contributed by atoms with E-state index in [1.807, 2.05) is 9.80 Å². The molecule has 2 aliphatic heterocycles. The van der Waals surface area contributed by atoms with Gasteiger partial charge in [0.15, 0.2) is 5.96 Å². The molecule has 1 atom stereocenters. The topological polar surface area (TPSA) is 79.3 Å². The molecule has 2 fully saturated rings. The van der Waals surface area contributed by atoms with Gasteiger partial charge in [-0.2, -0.15) is 13.2 Å². The van der Waals surface area contributed by atoms with E-state index in [0.29, 0.717) is 38.7 Å². The van der Waals surface area contributed by atoms with Gasteiger partial charge in [0.25, 0.3) is 5.91 Å². The summed E-state index contributed by atoms with van der Waals surface area (Å²) >= 11 is 0. The second-order valence-corrected chi connectivity index (χ2v) is 6.99. The average Bonchev–Trinajstić information content (AvgIpc) is 3.28. The quantitative estimate of drug-likeness (QED) is 0.259. The molecule has 1 unspecified atom stereocenters. The van der Waals surface area contributed by atoms with Crippen LogP contribution in [0.1, 0.15) is 18.4 Å². The molecule has 0 bridgehead atoms. The van der Waals surface area contributed by atoms with E-state index < -0.39 is 17.6 Å². The van der Waals surface area contributed by atoms with E-state index >= 15 is 0 Å². The summed E-state index contributed by atoms with van der Waals surface area (Å²) in [6, 6.07) is 2.16. The van der Waals surface area contributed by atoms with Crippen molar-refractivity contribution in [2.45, 2.75) is 25.1 Å². The van der Waals surface area contributed by atoms with Gasteiger partial charge >= 0.3 is 6.18 Å². The van der Waals surface area contributed by atoms with Crippen molar-refractivity contribution in [1.82, 2.24) is 20.1 Å². The third kappa shape index (κ3) is 6.82. The number of hydrogen-bond acceptors (Lipinski definition) is 5. The Labute approximate surface area is 196 Å². The van der Waals surface area contributed by atoms with Gasteiger partial charge in [-0.3, -0.25) is 9.79 Å². The Morgan fingerprint density at radius 3 is 2.65 bits per heavy atom. The van der Waals surface area contributed by atoms with Gasteiger partial charge in [0, 0.05) is 46.0 Å². The number of pyridine rings is 1. The Balaban J connectivity index is 0.00000341. The summed E-state index contributed by atoms with van der Waals surface area (Å²) in [5, 5.41) is 3.08. The summed E-state index contributed by atoms with van der Waals surface area (Å²) in [7, 11) is 1.63. The number of aromatic nitrogens is 1. The third-order valence-corrected chi connectivity index (χ3v) is 5.01. The number of alkyl halides is 3. The largest absolute Gasteiger partial charge is 0.475 e. The van der Waals surface area contributed by atoms with Crippen LogP contribution in [0.5, 0.6) is 5.88 Å². The lowest BCUT2D eigenvalue weighted by atomic mass is 10.2. The number of amides is 1. The van der Waals surface area contributed by atoms with Crippen molar-refractivity contribution in [2.75, 3.05) is 53.0 Å². The van der Waals surface area contributed by atoms with Crippen LogP contribution in [0, 0.1) is 0 Å². The minimum absolute atomic E-state index is 0. The highest BCUT2D eigenvalue weighted by Crippen LogP contribution is 2.34. The predicted octanol–water partition coefficient (Wildman–Crippen LogP) is 2.00. The van der Waals surface area contributed by atoms with Gasteiger partial charge in [-0.25, -0.2) is 4.98 Å². The van der Waals surface area contributed by atoms with Gasteiger partial charge in [-0.15, -0.1) is 24.0 Å². The van der Waals surface area contributed by atoms with Crippen LogP contribution in [-0.4, -0.2) is 85.7 Å². The highest BCUT2D eigenvalue weighted by atomic mass is 127. The predicted molar refractivity (Wildman–Crippen MR) is 119 cm³/mol. The number of nitrogens with one attached hydrogen (secondary N) is 1. The zero-order chi connectivity index (χ0) is 21.6. The van der Waals surface area contributed by atoms with E-state index in [0.717, 1.165) is 18.9 Å². The molecule has 0 radical (unpaired) electrons. The summed E-state index contributed by atoms with van der Waals surface area (Å²) < 4.78 is 49.6. The Morgan fingerprint density at radius 1 is 1.32 bits per heavy atom. The molecular formula is C19H27F3IN5O3. The number of nitrogens with zero attached hydrogens (tertiary/aromatic N) is 4. The molecule has 12 heteroatoms. The number of aliphatic imine (C=N–C) groups is 1. The molecule has 0 spiro atoms. The molecule has 1 amide bonds. The van der Waals surface area contributed by atoms with Crippen molar-refractivity contribution in [3.63, 3.8) is 0 Å².